The molecule has 3 heterocycles. The van der Waals surface area contributed by atoms with Gasteiger partial charge in [-0.3, -0.25) is 9.78 Å². The van der Waals surface area contributed by atoms with Crippen LogP contribution in [-0.2, 0) is 0 Å². The van der Waals surface area contributed by atoms with Crippen molar-refractivity contribution >= 4 is 16.9 Å². The van der Waals surface area contributed by atoms with Gasteiger partial charge in [-0.2, -0.15) is 4.98 Å². The van der Waals surface area contributed by atoms with Crippen molar-refractivity contribution in [2.75, 3.05) is 0 Å². The molecule has 0 spiro atoms. The molecule has 4 aromatic rings. The molecular weight excluding hydrogens is 380 g/mol. The lowest BCUT2D eigenvalue weighted by Gasteiger charge is -2.18. The molecule has 7 nitrogen and oxygen atoms in total. The number of benzene rings is 1. The topological polar surface area (TPSA) is 94.1 Å². The minimum absolute atomic E-state index is 0.0350. The maximum Gasteiger partial charge on any atom is 0.287 e. The van der Waals surface area contributed by atoms with Gasteiger partial charge in [0.05, 0.1) is 0 Å². The third kappa shape index (κ3) is 3.47. The molecule has 0 aliphatic heterocycles. The van der Waals surface area contributed by atoms with Crippen LogP contribution in [0.3, 0.4) is 0 Å². The fourth-order valence-electron chi connectivity index (χ4n) is 3.59. The second kappa shape index (κ2) is 7.74. The number of fused-ring (bicyclic) bond motifs is 1. The van der Waals surface area contributed by atoms with Gasteiger partial charge in [0.15, 0.2) is 5.76 Å². The predicted octanol–water partition coefficient (Wildman–Crippen LogP) is 4.93. The van der Waals surface area contributed by atoms with Crippen molar-refractivity contribution in [1.29, 1.82) is 0 Å². The van der Waals surface area contributed by atoms with Crippen LogP contribution in [0.4, 0.5) is 0 Å². The normalized spacial score (nSPS) is 12.5. The Morgan fingerprint density at radius 2 is 1.73 bits per heavy atom. The van der Waals surface area contributed by atoms with E-state index in [1.54, 1.807) is 24.5 Å². The highest BCUT2D eigenvalue weighted by atomic mass is 16.5. The minimum Gasteiger partial charge on any atom is -0.450 e. The summed E-state index contributed by atoms with van der Waals surface area (Å²) in [7, 11) is 0. The van der Waals surface area contributed by atoms with Crippen LogP contribution < -0.4 is 5.32 Å². The summed E-state index contributed by atoms with van der Waals surface area (Å²) < 4.78 is 11.5. The second-order valence-electron chi connectivity index (χ2n) is 7.85. The number of hydrogen-bond donors (Lipinski definition) is 1. The molecule has 0 fully saturated rings. The third-order valence-corrected chi connectivity index (χ3v) is 5.29. The molecule has 0 saturated heterocycles. The number of nitrogens with one attached hydrogen (secondary N) is 1. The van der Waals surface area contributed by atoms with Gasteiger partial charge in [0.1, 0.15) is 11.6 Å². The second-order valence-corrected chi connectivity index (χ2v) is 7.85. The van der Waals surface area contributed by atoms with E-state index in [-0.39, 0.29) is 11.8 Å². The molecule has 1 amide bonds. The summed E-state index contributed by atoms with van der Waals surface area (Å²) in [5.74, 6) is 0.851. The van der Waals surface area contributed by atoms with E-state index < -0.39 is 6.04 Å². The first-order valence-corrected chi connectivity index (χ1v) is 9.91. The summed E-state index contributed by atoms with van der Waals surface area (Å²) in [5, 5.41) is 8.06. The molecule has 7 heteroatoms. The van der Waals surface area contributed by atoms with E-state index >= 15 is 0 Å². The first-order valence-electron chi connectivity index (χ1n) is 9.91. The molecule has 1 N–H and O–H groups in total. The van der Waals surface area contributed by atoms with Gasteiger partial charge >= 0.3 is 0 Å². The minimum atomic E-state index is -0.449. The molecule has 0 aliphatic carbocycles. The lowest BCUT2D eigenvalue weighted by molar-refractivity contribution is 0.0887. The van der Waals surface area contributed by atoms with Crippen molar-refractivity contribution < 1.29 is 13.7 Å². The summed E-state index contributed by atoms with van der Waals surface area (Å²) in [6.07, 6.45) is 3.34. The standard InChI is InChI=1S/C23H24N4O3/c1-12(2)18(23-26-21(27-30-23)16-8-10-24-11-9-16)25-22(28)20-15(5)17-13(3)6-7-14(4)19(17)29-20/h6-12,18H,1-5H3,(H,25,28). The maximum absolute atomic E-state index is 13.1. The number of nitrogens with zero attached hydrogens (tertiary/aromatic N) is 3. The summed E-state index contributed by atoms with van der Waals surface area (Å²) in [5.41, 5.74) is 4.45. The van der Waals surface area contributed by atoms with Gasteiger partial charge in [-0.1, -0.05) is 31.1 Å². The average Bonchev–Trinajstić information content (AvgIpc) is 3.35. The Morgan fingerprint density at radius 3 is 2.40 bits per heavy atom. The highest BCUT2D eigenvalue weighted by molar-refractivity contribution is 6.00. The zero-order valence-electron chi connectivity index (χ0n) is 17.7. The van der Waals surface area contributed by atoms with Crippen LogP contribution in [0.5, 0.6) is 0 Å². The van der Waals surface area contributed by atoms with E-state index in [0.717, 1.165) is 33.2 Å². The molecule has 30 heavy (non-hydrogen) atoms. The van der Waals surface area contributed by atoms with Gasteiger partial charge in [-0.15, -0.1) is 0 Å². The van der Waals surface area contributed by atoms with Crippen molar-refractivity contribution in [2.24, 2.45) is 5.92 Å². The van der Waals surface area contributed by atoms with Crippen LogP contribution in [0.25, 0.3) is 22.4 Å². The summed E-state index contributed by atoms with van der Waals surface area (Å²) in [4.78, 5) is 21.6. The van der Waals surface area contributed by atoms with E-state index in [9.17, 15) is 4.79 Å². The number of carbonyl (C=O) groups is 1. The van der Waals surface area contributed by atoms with E-state index in [0.29, 0.717) is 17.5 Å². The number of carbonyl (C=O) groups excluding carboxylic acids is 1. The molecule has 4 rings (SSSR count). The van der Waals surface area contributed by atoms with Crippen molar-refractivity contribution in [3.8, 4) is 11.4 Å². The maximum atomic E-state index is 13.1. The molecule has 0 bridgehead atoms. The molecular formula is C23H24N4O3. The van der Waals surface area contributed by atoms with Crippen LogP contribution in [-0.4, -0.2) is 21.0 Å². The first kappa shape index (κ1) is 19.8. The smallest absolute Gasteiger partial charge is 0.287 e. The van der Waals surface area contributed by atoms with Gasteiger partial charge in [0, 0.05) is 28.9 Å². The Kier molecular flexibility index (Phi) is 5.11. The van der Waals surface area contributed by atoms with Crippen molar-refractivity contribution in [3.63, 3.8) is 0 Å². The number of rotatable bonds is 5. The number of hydrogen-bond acceptors (Lipinski definition) is 6. The van der Waals surface area contributed by atoms with Gasteiger partial charge in [-0.05, 0) is 49.9 Å². The Bertz CT molecular complexity index is 1210. The lowest BCUT2D eigenvalue weighted by atomic mass is 10.0. The fourth-order valence-corrected chi connectivity index (χ4v) is 3.59. The Morgan fingerprint density at radius 1 is 1.03 bits per heavy atom. The SMILES string of the molecule is Cc1ccc(C)c2c(C)c(C(=O)NC(c3nc(-c4ccncc4)no3)C(C)C)oc12. The number of aromatic nitrogens is 3. The van der Waals surface area contributed by atoms with Gasteiger partial charge in [0.2, 0.25) is 11.7 Å². The van der Waals surface area contributed by atoms with Crippen molar-refractivity contribution in [1.82, 2.24) is 20.4 Å². The molecule has 0 radical (unpaired) electrons. The van der Waals surface area contributed by atoms with E-state index in [2.05, 4.69) is 20.4 Å². The fraction of sp³-hybridized carbons (Fsp3) is 0.304. The van der Waals surface area contributed by atoms with Crippen LogP contribution in [0.2, 0.25) is 0 Å². The summed E-state index contributed by atoms with van der Waals surface area (Å²) in [6, 6.07) is 7.20. The van der Waals surface area contributed by atoms with Crippen molar-refractivity contribution in [3.05, 3.63) is 65.0 Å². The Balaban J connectivity index is 1.65. The lowest BCUT2D eigenvalue weighted by Crippen LogP contribution is -2.32. The van der Waals surface area contributed by atoms with Crippen LogP contribution in [0.1, 0.15) is 53.0 Å². The van der Waals surface area contributed by atoms with Gasteiger partial charge in [-0.25, -0.2) is 0 Å². The number of furan rings is 1. The number of pyridine rings is 1. The van der Waals surface area contributed by atoms with Crippen LogP contribution >= 0.6 is 0 Å². The highest BCUT2D eigenvalue weighted by Crippen LogP contribution is 2.31. The number of aryl methyl sites for hydroxylation is 3. The van der Waals surface area contributed by atoms with Crippen LogP contribution in [0, 0.1) is 26.7 Å². The Labute approximate surface area is 174 Å². The number of amides is 1. The molecule has 0 saturated carbocycles. The average molecular weight is 404 g/mol. The van der Waals surface area contributed by atoms with E-state index in [1.165, 1.54) is 0 Å². The summed E-state index contributed by atoms with van der Waals surface area (Å²) in [6.45, 7) is 9.87. The predicted molar refractivity (Wildman–Crippen MR) is 113 cm³/mol. The van der Waals surface area contributed by atoms with E-state index in [1.807, 2.05) is 46.8 Å². The molecule has 3 aromatic heterocycles. The third-order valence-electron chi connectivity index (χ3n) is 5.29. The van der Waals surface area contributed by atoms with Crippen molar-refractivity contribution in [2.45, 2.75) is 40.7 Å². The zero-order chi connectivity index (χ0) is 21.4. The van der Waals surface area contributed by atoms with Crippen LogP contribution in [0.15, 0.2) is 45.6 Å². The first-order chi connectivity index (χ1) is 14.4. The molecule has 1 aromatic carbocycles. The quantitative estimate of drug-likeness (QED) is 0.507. The largest absolute Gasteiger partial charge is 0.450 e. The monoisotopic (exact) mass is 404 g/mol. The molecule has 0 aliphatic rings. The zero-order valence-corrected chi connectivity index (χ0v) is 17.7. The molecule has 154 valence electrons. The van der Waals surface area contributed by atoms with E-state index in [4.69, 9.17) is 8.94 Å². The molecule has 1 atom stereocenters. The Hall–Kier alpha value is -3.48. The summed E-state index contributed by atoms with van der Waals surface area (Å²) >= 11 is 0. The molecule has 1 unspecified atom stereocenters. The highest BCUT2D eigenvalue weighted by Gasteiger charge is 2.28. The van der Waals surface area contributed by atoms with Gasteiger partial charge < -0.3 is 14.3 Å². The van der Waals surface area contributed by atoms with Gasteiger partial charge in [0.25, 0.3) is 5.91 Å².